The summed E-state index contributed by atoms with van der Waals surface area (Å²) in [4.78, 5) is 14.4. The Labute approximate surface area is 117 Å². The third-order valence-corrected chi connectivity index (χ3v) is 4.53. The summed E-state index contributed by atoms with van der Waals surface area (Å²) in [6, 6.07) is 0.356. The molecule has 19 heavy (non-hydrogen) atoms. The summed E-state index contributed by atoms with van der Waals surface area (Å²) in [5.74, 6) is 1.56. The summed E-state index contributed by atoms with van der Waals surface area (Å²) in [5, 5.41) is 3.13. The molecule has 0 radical (unpaired) electrons. The van der Waals surface area contributed by atoms with E-state index in [1.807, 2.05) is 20.9 Å². The van der Waals surface area contributed by atoms with Crippen molar-refractivity contribution in [3.63, 3.8) is 0 Å². The molecule has 0 aromatic rings. The van der Waals surface area contributed by atoms with Gasteiger partial charge in [0, 0.05) is 12.6 Å². The van der Waals surface area contributed by atoms with E-state index in [4.69, 9.17) is 4.74 Å². The zero-order valence-corrected chi connectivity index (χ0v) is 13.3. The molecule has 0 bridgehead atoms. The highest BCUT2D eigenvalue weighted by molar-refractivity contribution is 5.80. The fourth-order valence-corrected chi connectivity index (χ4v) is 2.53. The van der Waals surface area contributed by atoms with Gasteiger partial charge in [-0.15, -0.1) is 0 Å². The Morgan fingerprint density at radius 3 is 2.58 bits per heavy atom. The quantitative estimate of drug-likeness (QED) is 0.684. The highest BCUT2D eigenvalue weighted by Crippen LogP contribution is 2.38. The van der Waals surface area contributed by atoms with Gasteiger partial charge < -0.3 is 15.0 Å². The molecule has 112 valence electrons. The third kappa shape index (κ3) is 4.46. The largest absolute Gasteiger partial charge is 0.465 e. The topological polar surface area (TPSA) is 41.6 Å². The van der Waals surface area contributed by atoms with E-state index >= 15 is 0 Å². The Morgan fingerprint density at radius 2 is 2.16 bits per heavy atom. The van der Waals surface area contributed by atoms with E-state index in [9.17, 15) is 4.79 Å². The van der Waals surface area contributed by atoms with Crippen LogP contribution < -0.4 is 5.32 Å². The molecule has 0 amide bonds. The molecule has 1 aliphatic rings. The number of hydrogen-bond acceptors (Lipinski definition) is 4. The summed E-state index contributed by atoms with van der Waals surface area (Å²) in [6.45, 7) is 9.82. The molecule has 4 nitrogen and oxygen atoms in total. The molecule has 1 N–H and O–H groups in total. The van der Waals surface area contributed by atoms with Crippen molar-refractivity contribution in [3.05, 3.63) is 0 Å². The Bertz CT molecular complexity index is 309. The second kappa shape index (κ2) is 6.71. The summed E-state index contributed by atoms with van der Waals surface area (Å²) in [7, 11) is 3.98. The molecule has 1 saturated carbocycles. The minimum atomic E-state index is -0.598. The number of nitrogens with one attached hydrogen (secondary N) is 1. The molecule has 4 heteroatoms. The van der Waals surface area contributed by atoms with Gasteiger partial charge in [-0.1, -0.05) is 6.92 Å². The maximum atomic E-state index is 12.0. The van der Waals surface area contributed by atoms with Gasteiger partial charge in [-0.2, -0.15) is 0 Å². The molecular formula is C15H30N2O2. The minimum Gasteiger partial charge on any atom is -0.465 e. The maximum absolute atomic E-state index is 12.0. The van der Waals surface area contributed by atoms with E-state index in [2.05, 4.69) is 31.1 Å². The summed E-state index contributed by atoms with van der Waals surface area (Å²) in [5.41, 5.74) is -0.598. The first-order chi connectivity index (χ1) is 8.84. The number of ether oxygens (including phenoxy) is 1. The fourth-order valence-electron chi connectivity index (χ4n) is 2.53. The number of rotatable bonds is 8. The van der Waals surface area contributed by atoms with Crippen molar-refractivity contribution in [2.75, 3.05) is 27.2 Å². The van der Waals surface area contributed by atoms with Crippen LogP contribution in [0, 0.1) is 11.8 Å². The van der Waals surface area contributed by atoms with E-state index in [1.54, 1.807) is 0 Å². The van der Waals surface area contributed by atoms with Crippen LogP contribution in [0.1, 0.15) is 40.5 Å². The first kappa shape index (κ1) is 16.4. The Kier molecular flexibility index (Phi) is 5.81. The molecule has 0 heterocycles. The zero-order chi connectivity index (χ0) is 14.6. The van der Waals surface area contributed by atoms with Gasteiger partial charge in [-0.05, 0) is 59.5 Å². The molecule has 1 rings (SSSR count). The number of hydrogen-bond donors (Lipinski definition) is 1. The summed E-state index contributed by atoms with van der Waals surface area (Å²) in [6.07, 6.45) is 2.11. The molecule has 0 spiro atoms. The number of nitrogens with zero attached hydrogens (tertiary/aromatic N) is 1. The number of carbonyl (C=O) groups is 1. The van der Waals surface area contributed by atoms with Gasteiger partial charge in [0.15, 0.2) is 0 Å². The molecular weight excluding hydrogens is 240 g/mol. The van der Waals surface area contributed by atoms with E-state index in [0.29, 0.717) is 12.6 Å². The van der Waals surface area contributed by atoms with Gasteiger partial charge in [0.2, 0.25) is 0 Å². The van der Waals surface area contributed by atoms with Crippen LogP contribution in [-0.2, 0) is 9.53 Å². The van der Waals surface area contributed by atoms with Crippen LogP contribution in [0.2, 0.25) is 0 Å². The van der Waals surface area contributed by atoms with Gasteiger partial charge in [-0.3, -0.25) is 4.79 Å². The Morgan fingerprint density at radius 1 is 1.58 bits per heavy atom. The van der Waals surface area contributed by atoms with Gasteiger partial charge in [-0.25, -0.2) is 0 Å². The van der Waals surface area contributed by atoms with Crippen LogP contribution in [0.25, 0.3) is 0 Å². The molecule has 4 unspecified atom stereocenters. The highest BCUT2D eigenvalue weighted by Gasteiger charge is 2.38. The Hall–Kier alpha value is -0.610. The van der Waals surface area contributed by atoms with Crippen molar-refractivity contribution >= 4 is 5.97 Å². The van der Waals surface area contributed by atoms with Crippen molar-refractivity contribution in [1.29, 1.82) is 0 Å². The molecule has 0 aliphatic heterocycles. The van der Waals surface area contributed by atoms with Gasteiger partial charge in [0.05, 0.1) is 6.61 Å². The minimum absolute atomic E-state index is 0.155. The van der Waals surface area contributed by atoms with Crippen LogP contribution in [0.15, 0.2) is 0 Å². The molecule has 1 aliphatic carbocycles. The SMILES string of the molecule is CCOC(=O)C(C)(CC(C)N(C)CC1CC1C)NC. The van der Waals surface area contributed by atoms with Crippen LogP contribution in [-0.4, -0.2) is 49.7 Å². The van der Waals surface area contributed by atoms with E-state index in [1.165, 1.54) is 6.42 Å². The number of esters is 1. The summed E-state index contributed by atoms with van der Waals surface area (Å²) < 4.78 is 5.17. The maximum Gasteiger partial charge on any atom is 0.326 e. The molecule has 1 fully saturated rings. The van der Waals surface area contributed by atoms with E-state index in [0.717, 1.165) is 24.8 Å². The van der Waals surface area contributed by atoms with Crippen molar-refractivity contribution < 1.29 is 9.53 Å². The lowest BCUT2D eigenvalue weighted by Crippen LogP contribution is -2.52. The van der Waals surface area contributed by atoms with Crippen LogP contribution in [0.3, 0.4) is 0 Å². The second-order valence-corrected chi connectivity index (χ2v) is 6.27. The summed E-state index contributed by atoms with van der Waals surface area (Å²) >= 11 is 0. The molecule has 0 saturated heterocycles. The monoisotopic (exact) mass is 270 g/mol. The van der Waals surface area contributed by atoms with Crippen molar-refractivity contribution in [2.45, 2.75) is 52.1 Å². The van der Waals surface area contributed by atoms with Crippen molar-refractivity contribution in [3.8, 4) is 0 Å². The third-order valence-electron chi connectivity index (χ3n) is 4.53. The second-order valence-electron chi connectivity index (χ2n) is 6.27. The lowest BCUT2D eigenvalue weighted by atomic mass is 9.93. The Balaban J connectivity index is 2.51. The van der Waals surface area contributed by atoms with Crippen LogP contribution >= 0.6 is 0 Å². The van der Waals surface area contributed by atoms with E-state index in [-0.39, 0.29) is 5.97 Å². The standard InChI is InChI=1S/C15H30N2O2/c1-7-19-14(18)15(4,16-5)9-12(3)17(6)10-13-8-11(13)2/h11-13,16H,7-10H2,1-6H3. The number of likely N-dealkylation sites (N-methyl/N-ethyl adjacent to an activating group) is 1. The normalized spacial score (nSPS) is 26.9. The predicted molar refractivity (Wildman–Crippen MR) is 78.1 cm³/mol. The predicted octanol–water partition coefficient (Wildman–Crippen LogP) is 1.89. The zero-order valence-electron chi connectivity index (χ0n) is 13.3. The molecule has 0 aromatic carbocycles. The number of carbonyl (C=O) groups excluding carboxylic acids is 1. The van der Waals surface area contributed by atoms with Gasteiger partial charge in [0.1, 0.15) is 5.54 Å². The lowest BCUT2D eigenvalue weighted by molar-refractivity contribution is -0.151. The average molecular weight is 270 g/mol. The first-order valence-electron chi connectivity index (χ1n) is 7.40. The van der Waals surface area contributed by atoms with Crippen molar-refractivity contribution in [1.82, 2.24) is 10.2 Å². The lowest BCUT2D eigenvalue weighted by Gasteiger charge is -2.33. The van der Waals surface area contributed by atoms with Crippen molar-refractivity contribution in [2.24, 2.45) is 11.8 Å². The first-order valence-corrected chi connectivity index (χ1v) is 7.40. The van der Waals surface area contributed by atoms with Crippen LogP contribution in [0.4, 0.5) is 0 Å². The van der Waals surface area contributed by atoms with Gasteiger partial charge in [0.25, 0.3) is 0 Å². The van der Waals surface area contributed by atoms with Gasteiger partial charge >= 0.3 is 5.97 Å². The molecule has 0 aromatic heterocycles. The van der Waals surface area contributed by atoms with E-state index < -0.39 is 5.54 Å². The average Bonchev–Trinajstić information content (AvgIpc) is 3.04. The highest BCUT2D eigenvalue weighted by atomic mass is 16.5. The fraction of sp³-hybridized carbons (Fsp3) is 0.933. The van der Waals surface area contributed by atoms with Crippen LogP contribution in [0.5, 0.6) is 0 Å². The molecule has 4 atom stereocenters. The smallest absolute Gasteiger partial charge is 0.326 e.